The minimum Gasteiger partial charge on any atom is -0.497 e. The van der Waals surface area contributed by atoms with Gasteiger partial charge in [-0.15, -0.1) is 0 Å². The number of carbonyl (C=O) groups is 1. The average molecular weight is 310 g/mol. The minimum absolute atomic E-state index is 0.182. The highest BCUT2D eigenvalue weighted by Crippen LogP contribution is 2.40. The highest BCUT2D eigenvalue weighted by molar-refractivity contribution is 6.09. The summed E-state index contributed by atoms with van der Waals surface area (Å²) in [5, 5.41) is 0.688. The second-order valence-corrected chi connectivity index (χ2v) is 5.27. The predicted octanol–water partition coefficient (Wildman–Crippen LogP) is 3.79. The van der Waals surface area contributed by atoms with Crippen molar-refractivity contribution in [2.75, 3.05) is 14.2 Å². The number of hydrogen-bond donors (Lipinski definition) is 0. The van der Waals surface area contributed by atoms with Crippen molar-refractivity contribution in [3.8, 4) is 22.8 Å². The van der Waals surface area contributed by atoms with Gasteiger partial charge in [0, 0.05) is 16.5 Å². The van der Waals surface area contributed by atoms with E-state index in [1.807, 2.05) is 18.2 Å². The van der Waals surface area contributed by atoms with E-state index in [9.17, 15) is 4.79 Å². The van der Waals surface area contributed by atoms with Crippen LogP contribution in [0.4, 0.5) is 0 Å². The van der Waals surface area contributed by atoms with Crippen LogP contribution in [0.5, 0.6) is 11.5 Å². The van der Waals surface area contributed by atoms with Crippen molar-refractivity contribution in [3.63, 3.8) is 0 Å². The summed E-state index contributed by atoms with van der Waals surface area (Å²) < 4.78 is 21.8. The molecule has 3 aromatic rings. The first-order chi connectivity index (χ1) is 11.2. The van der Waals surface area contributed by atoms with Gasteiger partial charge in [0.15, 0.2) is 0 Å². The normalized spacial score (nSPS) is 13.0. The Balaban J connectivity index is 2.02. The van der Waals surface area contributed by atoms with Crippen LogP contribution in [0.2, 0.25) is 0 Å². The van der Waals surface area contributed by atoms with Crippen LogP contribution < -0.4 is 9.47 Å². The number of esters is 1. The maximum absolute atomic E-state index is 12.4. The fourth-order valence-electron chi connectivity index (χ4n) is 2.85. The Hall–Kier alpha value is -2.95. The fourth-order valence-corrected chi connectivity index (χ4v) is 2.85. The molecule has 0 saturated carbocycles. The van der Waals surface area contributed by atoms with Crippen molar-refractivity contribution in [2.45, 2.75) is 6.61 Å². The van der Waals surface area contributed by atoms with Gasteiger partial charge in [-0.1, -0.05) is 0 Å². The molecule has 0 unspecified atom stereocenters. The van der Waals surface area contributed by atoms with Gasteiger partial charge >= 0.3 is 5.97 Å². The Morgan fingerprint density at radius 1 is 1.00 bits per heavy atom. The molecule has 5 nitrogen and oxygen atoms in total. The largest absolute Gasteiger partial charge is 0.497 e. The lowest BCUT2D eigenvalue weighted by atomic mass is 10.0. The summed E-state index contributed by atoms with van der Waals surface area (Å²) in [6.45, 7) is 0.182. The molecule has 2 heterocycles. The Labute approximate surface area is 132 Å². The van der Waals surface area contributed by atoms with E-state index in [1.165, 1.54) is 0 Å². The first kappa shape index (κ1) is 13.7. The molecule has 0 atom stereocenters. The molecule has 1 aliphatic rings. The minimum atomic E-state index is -0.401. The van der Waals surface area contributed by atoms with Gasteiger partial charge in [-0.3, -0.25) is 0 Å². The summed E-state index contributed by atoms with van der Waals surface area (Å²) in [6.07, 6.45) is 0. The number of fused-ring (bicyclic) bond motifs is 5. The Morgan fingerprint density at radius 3 is 2.52 bits per heavy atom. The van der Waals surface area contributed by atoms with Crippen LogP contribution in [-0.4, -0.2) is 20.2 Å². The lowest BCUT2D eigenvalue weighted by Crippen LogP contribution is -2.02. The molecule has 0 aliphatic carbocycles. The van der Waals surface area contributed by atoms with Gasteiger partial charge in [0.25, 0.3) is 0 Å². The number of methoxy groups -OCH3 is 2. The molecule has 1 aromatic heterocycles. The van der Waals surface area contributed by atoms with E-state index in [0.717, 1.165) is 11.1 Å². The van der Waals surface area contributed by atoms with Crippen LogP contribution in [-0.2, 0) is 11.3 Å². The molecule has 4 rings (SSSR count). The van der Waals surface area contributed by atoms with E-state index in [4.69, 9.17) is 18.6 Å². The summed E-state index contributed by atoms with van der Waals surface area (Å²) in [5.74, 6) is 1.49. The molecule has 0 fully saturated rings. The second kappa shape index (κ2) is 5.05. The zero-order valence-electron chi connectivity index (χ0n) is 12.7. The third-order valence-electron chi connectivity index (χ3n) is 4.02. The fraction of sp³-hybridized carbons (Fsp3) is 0.167. The van der Waals surface area contributed by atoms with Crippen molar-refractivity contribution >= 4 is 16.9 Å². The summed E-state index contributed by atoms with van der Waals surface area (Å²) in [4.78, 5) is 12.4. The van der Waals surface area contributed by atoms with E-state index in [-0.39, 0.29) is 6.61 Å². The molecule has 0 saturated heterocycles. The third-order valence-corrected chi connectivity index (χ3v) is 4.02. The van der Waals surface area contributed by atoms with Gasteiger partial charge in [-0.25, -0.2) is 4.79 Å². The number of ether oxygens (including phenoxy) is 3. The van der Waals surface area contributed by atoms with Gasteiger partial charge in [0.1, 0.15) is 35.0 Å². The maximum atomic E-state index is 12.4. The summed E-state index contributed by atoms with van der Waals surface area (Å²) in [7, 11) is 3.18. The summed E-state index contributed by atoms with van der Waals surface area (Å²) in [5.41, 5.74) is 2.74. The number of furan rings is 1. The summed E-state index contributed by atoms with van der Waals surface area (Å²) in [6, 6.07) is 10.9. The standard InChI is InChI=1S/C18H14O5/c1-20-11-3-5-13-10(7-11)9-22-18(19)16-14-8-12(21-2)4-6-15(14)23-17(13)16/h3-8H,9H2,1-2H3. The van der Waals surface area contributed by atoms with Gasteiger partial charge in [-0.2, -0.15) is 0 Å². The van der Waals surface area contributed by atoms with Crippen LogP contribution >= 0.6 is 0 Å². The number of carbonyl (C=O) groups excluding carboxylic acids is 1. The Bertz CT molecular complexity index is 923. The van der Waals surface area contributed by atoms with Crippen LogP contribution in [0.1, 0.15) is 15.9 Å². The predicted molar refractivity (Wildman–Crippen MR) is 83.9 cm³/mol. The van der Waals surface area contributed by atoms with E-state index in [2.05, 4.69) is 0 Å². The topological polar surface area (TPSA) is 57.9 Å². The molecule has 0 radical (unpaired) electrons. The first-order valence-electron chi connectivity index (χ1n) is 7.16. The number of rotatable bonds is 2. The molecule has 0 amide bonds. The molecule has 116 valence electrons. The quantitative estimate of drug-likeness (QED) is 0.674. The molecular formula is C18H14O5. The molecular weight excluding hydrogens is 296 g/mol. The lowest BCUT2D eigenvalue weighted by Gasteiger charge is -2.07. The average Bonchev–Trinajstić information content (AvgIpc) is 2.91. The van der Waals surface area contributed by atoms with E-state index in [1.54, 1.807) is 32.4 Å². The molecule has 23 heavy (non-hydrogen) atoms. The van der Waals surface area contributed by atoms with E-state index >= 15 is 0 Å². The van der Waals surface area contributed by atoms with Crippen molar-refractivity contribution < 1.29 is 23.4 Å². The SMILES string of the molecule is COc1ccc2c(c1)COC(=O)c1c-2oc2ccc(OC)cc12. The third kappa shape index (κ3) is 2.04. The Morgan fingerprint density at radius 2 is 1.74 bits per heavy atom. The second-order valence-electron chi connectivity index (χ2n) is 5.27. The monoisotopic (exact) mass is 310 g/mol. The number of cyclic esters (lactones) is 1. The van der Waals surface area contributed by atoms with Crippen LogP contribution in [0.25, 0.3) is 22.3 Å². The van der Waals surface area contributed by atoms with Crippen molar-refractivity contribution in [1.29, 1.82) is 0 Å². The molecule has 0 bridgehead atoms. The first-order valence-corrected chi connectivity index (χ1v) is 7.16. The van der Waals surface area contributed by atoms with Crippen molar-refractivity contribution in [3.05, 3.63) is 47.5 Å². The van der Waals surface area contributed by atoms with E-state index < -0.39 is 5.97 Å². The lowest BCUT2D eigenvalue weighted by molar-refractivity contribution is 0.0480. The van der Waals surface area contributed by atoms with Crippen LogP contribution in [0.15, 0.2) is 40.8 Å². The zero-order chi connectivity index (χ0) is 16.0. The van der Waals surface area contributed by atoms with Gasteiger partial charge in [-0.05, 0) is 36.4 Å². The smallest absolute Gasteiger partial charge is 0.343 e. The maximum Gasteiger partial charge on any atom is 0.343 e. The molecule has 1 aliphatic heterocycles. The molecule has 2 aromatic carbocycles. The molecule has 0 spiro atoms. The zero-order valence-corrected chi connectivity index (χ0v) is 12.7. The van der Waals surface area contributed by atoms with Gasteiger partial charge < -0.3 is 18.6 Å². The molecule has 0 N–H and O–H groups in total. The molecule has 5 heteroatoms. The van der Waals surface area contributed by atoms with Gasteiger partial charge in [0.2, 0.25) is 0 Å². The highest BCUT2D eigenvalue weighted by Gasteiger charge is 2.28. The van der Waals surface area contributed by atoms with Gasteiger partial charge in [0.05, 0.1) is 14.2 Å². The summed E-state index contributed by atoms with van der Waals surface area (Å²) >= 11 is 0. The van der Waals surface area contributed by atoms with Crippen molar-refractivity contribution in [2.24, 2.45) is 0 Å². The number of benzene rings is 2. The van der Waals surface area contributed by atoms with Crippen LogP contribution in [0.3, 0.4) is 0 Å². The van der Waals surface area contributed by atoms with Crippen molar-refractivity contribution in [1.82, 2.24) is 0 Å². The van der Waals surface area contributed by atoms with E-state index in [0.29, 0.717) is 33.8 Å². The highest BCUT2D eigenvalue weighted by atomic mass is 16.5. The number of hydrogen-bond acceptors (Lipinski definition) is 5. The Kier molecular flexibility index (Phi) is 3.01. The van der Waals surface area contributed by atoms with Crippen LogP contribution in [0, 0.1) is 0 Å².